The zero-order valence-electron chi connectivity index (χ0n) is 12.3. The minimum absolute atomic E-state index is 0.403. The van der Waals surface area contributed by atoms with E-state index in [0.717, 1.165) is 22.6 Å². The van der Waals surface area contributed by atoms with Crippen LogP contribution in [0.15, 0.2) is 24.5 Å². The fourth-order valence-electron chi connectivity index (χ4n) is 1.72. The number of hydrogen-bond acceptors (Lipinski definition) is 4. The van der Waals surface area contributed by atoms with Gasteiger partial charge in [0, 0.05) is 0 Å². The van der Waals surface area contributed by atoms with Crippen molar-refractivity contribution in [2.24, 2.45) is 0 Å². The molecule has 0 radical (unpaired) electrons. The lowest BCUT2D eigenvalue weighted by Gasteiger charge is -2.26. The van der Waals surface area contributed by atoms with Crippen LogP contribution in [0, 0.1) is 6.92 Å². The summed E-state index contributed by atoms with van der Waals surface area (Å²) in [6, 6.07) is 6.67. The first-order valence-electron chi connectivity index (χ1n) is 6.64. The molecule has 20 heavy (non-hydrogen) atoms. The number of carbonyl (C=O) groups is 1. The Morgan fingerprint density at radius 2 is 2.10 bits per heavy atom. The van der Waals surface area contributed by atoms with E-state index < -0.39 is 14.2 Å². The van der Waals surface area contributed by atoms with Crippen LogP contribution >= 0.6 is 0 Å². The van der Waals surface area contributed by atoms with Gasteiger partial charge in [0.1, 0.15) is 11.8 Å². The average Bonchev–Trinajstić information content (AvgIpc) is 2.70. The molecule has 0 fully saturated rings. The number of nitrogens with zero attached hydrogens (tertiary/aromatic N) is 2. The molecule has 0 aliphatic carbocycles. The van der Waals surface area contributed by atoms with E-state index in [1.807, 2.05) is 25.1 Å². The molecule has 0 atom stereocenters. The molecule has 0 amide bonds. The maximum atomic E-state index is 11.6. The van der Waals surface area contributed by atoms with Crippen LogP contribution in [0.25, 0.3) is 11.0 Å². The van der Waals surface area contributed by atoms with Gasteiger partial charge in [0.2, 0.25) is 0 Å². The van der Waals surface area contributed by atoms with Gasteiger partial charge in [0.15, 0.2) is 0 Å². The van der Waals surface area contributed by atoms with Gasteiger partial charge in [-0.1, -0.05) is 6.07 Å². The molecule has 0 N–H and O–H groups in total. The third-order valence-corrected chi connectivity index (χ3v) is 4.62. The van der Waals surface area contributed by atoms with Crippen molar-refractivity contribution in [1.82, 2.24) is 9.71 Å². The van der Waals surface area contributed by atoms with Crippen molar-refractivity contribution >= 4 is 25.3 Å². The van der Waals surface area contributed by atoms with E-state index in [4.69, 9.17) is 9.57 Å². The summed E-state index contributed by atoms with van der Waals surface area (Å²) in [5.41, 5.74) is 2.65. The molecule has 6 heteroatoms. The summed E-state index contributed by atoms with van der Waals surface area (Å²) in [5.74, 6) is 0. The molecule has 0 bridgehead atoms. The molecular formula is C14H20N2O3Si-. The molecule has 0 aliphatic heterocycles. The molecule has 1 heterocycles. The maximum Gasteiger partial charge on any atom is 0.533 e. The number of benzene rings is 1. The van der Waals surface area contributed by atoms with E-state index in [1.54, 1.807) is 0 Å². The summed E-state index contributed by atoms with van der Waals surface area (Å²) in [6.45, 7) is 9.08. The van der Waals surface area contributed by atoms with Crippen LogP contribution < -0.4 is 4.84 Å². The lowest BCUT2D eigenvalue weighted by atomic mass is 10.2. The summed E-state index contributed by atoms with van der Waals surface area (Å²) < 4.78 is 6.43. The van der Waals surface area contributed by atoms with Crippen LogP contribution in [-0.2, 0) is 4.74 Å². The minimum Gasteiger partial charge on any atom is -0.436 e. The Bertz CT molecular complexity index is 616. The number of aromatic nitrogens is 2. The number of aryl methyl sites for hydroxylation is 1. The number of fused-ring (bicyclic) bond motifs is 1. The molecule has 0 spiro atoms. The van der Waals surface area contributed by atoms with Crippen LogP contribution in [0.4, 0.5) is 4.79 Å². The highest BCUT2D eigenvalue weighted by Crippen LogP contribution is 2.13. The normalized spacial score (nSPS) is 11.6. The Labute approximate surface area is 119 Å². The SMILES string of the molecule is Cc1ccc2c(c1)ncn2OC(=O)OCC[Si-](C)(C)C. The molecular weight excluding hydrogens is 272 g/mol. The number of ether oxygens (including phenoxy) is 1. The van der Waals surface area contributed by atoms with Crippen LogP contribution in [0.2, 0.25) is 25.7 Å². The Balaban J connectivity index is 1.96. The lowest BCUT2D eigenvalue weighted by Crippen LogP contribution is -2.25. The quantitative estimate of drug-likeness (QED) is 0.641. The standard InChI is InChI=1S/C14H20N2O3Si/c1-11-5-6-13-12(9-11)15-10-16(13)19-14(17)18-7-8-20(2,3)4/h5-6,9-10H,7-8H2,1-4H3/q-1. The van der Waals surface area contributed by atoms with Crippen molar-refractivity contribution in [2.45, 2.75) is 32.6 Å². The minimum atomic E-state index is -1.20. The molecule has 0 saturated carbocycles. The van der Waals surface area contributed by atoms with Crippen molar-refractivity contribution in [3.63, 3.8) is 0 Å². The smallest absolute Gasteiger partial charge is 0.436 e. The Morgan fingerprint density at radius 1 is 1.35 bits per heavy atom. The first kappa shape index (κ1) is 14.6. The largest absolute Gasteiger partial charge is 0.533 e. The zero-order valence-corrected chi connectivity index (χ0v) is 13.3. The van der Waals surface area contributed by atoms with Gasteiger partial charge in [-0.3, -0.25) is 4.84 Å². The summed E-state index contributed by atoms with van der Waals surface area (Å²) in [7, 11) is -1.20. The predicted molar refractivity (Wildman–Crippen MR) is 80.6 cm³/mol. The molecule has 109 valence electrons. The van der Waals surface area contributed by atoms with Gasteiger partial charge in [0.25, 0.3) is 0 Å². The van der Waals surface area contributed by atoms with Crippen molar-refractivity contribution in [3.05, 3.63) is 30.1 Å². The van der Waals surface area contributed by atoms with Crippen LogP contribution in [0.1, 0.15) is 5.56 Å². The Kier molecular flexibility index (Phi) is 4.13. The summed E-state index contributed by atoms with van der Waals surface area (Å²) in [6.07, 6.45) is 0.785. The lowest BCUT2D eigenvalue weighted by molar-refractivity contribution is 0.0545. The molecule has 0 unspecified atom stereocenters. The third-order valence-electron chi connectivity index (χ3n) is 2.91. The zero-order chi connectivity index (χ0) is 14.8. The predicted octanol–water partition coefficient (Wildman–Crippen LogP) is 3.25. The first-order chi connectivity index (χ1) is 9.35. The van der Waals surface area contributed by atoms with E-state index in [-0.39, 0.29) is 0 Å². The van der Waals surface area contributed by atoms with E-state index in [0.29, 0.717) is 6.61 Å². The molecule has 2 aromatic rings. The van der Waals surface area contributed by atoms with Crippen molar-refractivity contribution < 1.29 is 14.4 Å². The maximum absolute atomic E-state index is 11.6. The van der Waals surface area contributed by atoms with Crippen molar-refractivity contribution in [1.29, 1.82) is 0 Å². The highest BCUT2D eigenvalue weighted by molar-refractivity contribution is 6.76. The van der Waals surface area contributed by atoms with Crippen LogP contribution in [-0.4, -0.2) is 30.6 Å². The fourth-order valence-corrected chi connectivity index (χ4v) is 2.43. The molecule has 1 aromatic heterocycles. The van der Waals surface area contributed by atoms with Gasteiger partial charge in [-0.15, -0.1) is 14.1 Å². The van der Waals surface area contributed by atoms with Gasteiger partial charge in [-0.25, -0.2) is 9.78 Å². The van der Waals surface area contributed by atoms with Gasteiger partial charge in [0.05, 0.1) is 12.1 Å². The van der Waals surface area contributed by atoms with Gasteiger partial charge in [-0.05, 0) is 24.6 Å². The second kappa shape index (κ2) is 5.66. The van der Waals surface area contributed by atoms with E-state index >= 15 is 0 Å². The topological polar surface area (TPSA) is 53.4 Å². The second-order valence-electron chi connectivity index (χ2n) is 6.06. The van der Waals surface area contributed by atoms with Crippen LogP contribution in [0.5, 0.6) is 0 Å². The van der Waals surface area contributed by atoms with Crippen LogP contribution in [0.3, 0.4) is 0 Å². The molecule has 5 nitrogen and oxygen atoms in total. The fraction of sp³-hybridized carbons (Fsp3) is 0.429. The Morgan fingerprint density at radius 3 is 2.80 bits per heavy atom. The highest BCUT2D eigenvalue weighted by atomic mass is 28.3. The monoisotopic (exact) mass is 292 g/mol. The van der Waals surface area contributed by atoms with Crippen molar-refractivity contribution in [2.75, 3.05) is 6.61 Å². The van der Waals surface area contributed by atoms with Gasteiger partial charge in [-0.2, -0.15) is 24.4 Å². The summed E-state index contributed by atoms with van der Waals surface area (Å²) >= 11 is 0. The van der Waals surface area contributed by atoms with E-state index in [1.165, 1.54) is 11.1 Å². The number of carbonyl (C=O) groups excluding carboxylic acids is 1. The molecule has 0 aliphatic rings. The average molecular weight is 292 g/mol. The number of hydrogen-bond donors (Lipinski definition) is 0. The molecule has 2 rings (SSSR count). The van der Waals surface area contributed by atoms with E-state index in [2.05, 4.69) is 24.6 Å². The third kappa shape index (κ3) is 3.83. The summed E-state index contributed by atoms with van der Waals surface area (Å²) in [5, 5.41) is 0. The molecule has 0 saturated heterocycles. The number of rotatable bonds is 4. The summed E-state index contributed by atoms with van der Waals surface area (Å²) in [4.78, 5) is 20.9. The van der Waals surface area contributed by atoms with Gasteiger partial charge < -0.3 is 4.74 Å². The number of imidazole rings is 1. The van der Waals surface area contributed by atoms with E-state index in [9.17, 15) is 4.79 Å². The Hall–Kier alpha value is -1.82. The molecule has 1 aromatic carbocycles. The second-order valence-corrected chi connectivity index (χ2v) is 11.7. The van der Waals surface area contributed by atoms with Crippen molar-refractivity contribution in [3.8, 4) is 0 Å². The van der Waals surface area contributed by atoms with Gasteiger partial charge >= 0.3 is 6.16 Å². The first-order valence-corrected chi connectivity index (χ1v) is 10.3. The highest BCUT2D eigenvalue weighted by Gasteiger charge is 2.10.